The molecule has 0 spiro atoms. The Morgan fingerprint density at radius 3 is 2.61 bits per heavy atom. The third kappa shape index (κ3) is 5.45. The van der Waals surface area contributed by atoms with E-state index < -0.39 is 11.9 Å². The summed E-state index contributed by atoms with van der Waals surface area (Å²) < 4.78 is 1.99. The average Bonchev–Trinajstić information content (AvgIpc) is 3.66. The van der Waals surface area contributed by atoms with E-state index in [1.807, 2.05) is 64.4 Å². The third-order valence-corrected chi connectivity index (χ3v) is 8.99. The number of likely N-dealkylation sites (tertiary alicyclic amines) is 1. The van der Waals surface area contributed by atoms with E-state index in [4.69, 9.17) is 4.98 Å². The van der Waals surface area contributed by atoms with Gasteiger partial charge in [-0.1, -0.05) is 24.3 Å². The summed E-state index contributed by atoms with van der Waals surface area (Å²) in [6, 6.07) is 13.2. The number of hydrogen-bond donors (Lipinski definition) is 1. The summed E-state index contributed by atoms with van der Waals surface area (Å²) in [5.41, 5.74) is 5.93. The first-order valence-electron chi connectivity index (χ1n) is 15.2. The first kappa shape index (κ1) is 27.9. The smallest absolute Gasteiger partial charge is 0.255 e. The van der Waals surface area contributed by atoms with E-state index in [0.717, 1.165) is 46.3 Å². The van der Waals surface area contributed by atoms with Crippen LogP contribution in [-0.2, 0) is 27.3 Å². The lowest BCUT2D eigenvalue weighted by atomic mass is 10.0. The number of carbonyl (C=O) groups is 4. The van der Waals surface area contributed by atoms with E-state index in [9.17, 15) is 19.2 Å². The van der Waals surface area contributed by atoms with Crippen molar-refractivity contribution < 1.29 is 19.2 Å². The Labute approximate surface area is 254 Å². The second kappa shape index (κ2) is 11.6. The number of imide groups is 1. The van der Waals surface area contributed by atoms with Crippen LogP contribution in [0.5, 0.6) is 0 Å². The molecule has 11 nitrogen and oxygen atoms in total. The first-order chi connectivity index (χ1) is 21.4. The van der Waals surface area contributed by atoms with Gasteiger partial charge in [0.05, 0.1) is 35.2 Å². The zero-order valence-corrected chi connectivity index (χ0v) is 24.3. The maximum Gasteiger partial charge on any atom is 0.255 e. The highest BCUT2D eigenvalue weighted by molar-refractivity contribution is 6.05. The topological polar surface area (TPSA) is 130 Å². The van der Waals surface area contributed by atoms with Crippen LogP contribution in [0.3, 0.4) is 0 Å². The molecule has 1 unspecified atom stereocenters. The number of nitrogens with one attached hydrogen (secondary N) is 1. The minimum atomic E-state index is -0.618. The van der Waals surface area contributed by atoms with E-state index in [1.54, 1.807) is 11.1 Å². The molecular weight excluding hydrogens is 558 g/mol. The Balaban J connectivity index is 0.891. The van der Waals surface area contributed by atoms with Crippen LogP contribution in [-0.4, -0.2) is 72.3 Å². The second-order valence-corrected chi connectivity index (χ2v) is 11.8. The maximum absolute atomic E-state index is 13.1. The Morgan fingerprint density at radius 2 is 1.80 bits per heavy atom. The monoisotopic (exact) mass is 591 g/mol. The third-order valence-electron chi connectivity index (χ3n) is 8.99. The standard InChI is InChI=1S/C33H33N7O4/c41-30-11-10-29(32(43)37-30)39-19-22-9-8-21(16-25(22)33(39)44)4-3-7-31(42)38-14-12-24(13-15-38)40-20-23(17-35-40)28-18-34-26-5-1-2-6-27(26)36-28/h1-2,5-6,8-9,16-18,20,24,29H,3-4,7,10-15,19H2,(H,37,41,43). The fourth-order valence-electron chi connectivity index (χ4n) is 6.51. The Kier molecular flexibility index (Phi) is 7.37. The summed E-state index contributed by atoms with van der Waals surface area (Å²) >= 11 is 0. The van der Waals surface area contributed by atoms with Crippen molar-refractivity contribution >= 4 is 34.7 Å². The predicted octanol–water partition coefficient (Wildman–Crippen LogP) is 3.44. The fourth-order valence-corrected chi connectivity index (χ4v) is 6.51. The van der Waals surface area contributed by atoms with E-state index in [2.05, 4.69) is 15.4 Å². The van der Waals surface area contributed by atoms with Gasteiger partial charge in [0.15, 0.2) is 0 Å². The number of nitrogens with zero attached hydrogens (tertiary/aromatic N) is 6. The predicted molar refractivity (Wildman–Crippen MR) is 161 cm³/mol. The first-order valence-corrected chi connectivity index (χ1v) is 15.2. The molecular formula is C33H33N7O4. The minimum Gasteiger partial charge on any atom is -0.343 e. The van der Waals surface area contributed by atoms with Gasteiger partial charge in [0.1, 0.15) is 6.04 Å². The zero-order valence-electron chi connectivity index (χ0n) is 24.3. The molecule has 224 valence electrons. The van der Waals surface area contributed by atoms with Gasteiger partial charge in [-0.15, -0.1) is 0 Å². The van der Waals surface area contributed by atoms with Crippen LogP contribution in [0.4, 0.5) is 0 Å². The van der Waals surface area contributed by atoms with Crippen molar-refractivity contribution in [3.05, 3.63) is 77.7 Å². The Hall–Kier alpha value is -4.93. The normalized spacial score (nSPS) is 19.0. The molecule has 2 aromatic heterocycles. The molecule has 11 heteroatoms. The van der Waals surface area contributed by atoms with Crippen LogP contribution in [0.2, 0.25) is 0 Å². The van der Waals surface area contributed by atoms with Crippen molar-refractivity contribution in [3.8, 4) is 11.3 Å². The van der Waals surface area contributed by atoms with E-state index in [1.165, 1.54) is 0 Å². The van der Waals surface area contributed by atoms with Gasteiger partial charge < -0.3 is 9.80 Å². The van der Waals surface area contributed by atoms with Crippen LogP contribution in [0.25, 0.3) is 22.3 Å². The molecule has 0 aliphatic carbocycles. The molecule has 3 aliphatic rings. The SMILES string of the molecule is O=C1CCC(N2Cc3ccc(CCCC(=O)N4CCC(n5cc(-c6cnc7ccccc7n6)cn5)CC4)cc3C2=O)C(=O)N1. The number of fused-ring (bicyclic) bond motifs is 2. The maximum atomic E-state index is 13.1. The molecule has 2 saturated heterocycles. The quantitative estimate of drug-likeness (QED) is 0.326. The highest BCUT2D eigenvalue weighted by atomic mass is 16.2. The molecule has 4 aromatic rings. The molecule has 2 aromatic carbocycles. The Morgan fingerprint density at radius 1 is 0.977 bits per heavy atom. The number of aromatic nitrogens is 4. The molecule has 1 N–H and O–H groups in total. The largest absolute Gasteiger partial charge is 0.343 e. The van der Waals surface area contributed by atoms with Crippen LogP contribution < -0.4 is 5.32 Å². The van der Waals surface area contributed by atoms with Gasteiger partial charge in [0.2, 0.25) is 17.7 Å². The summed E-state index contributed by atoms with van der Waals surface area (Å²) in [5, 5.41) is 6.94. The molecule has 0 radical (unpaired) electrons. The summed E-state index contributed by atoms with van der Waals surface area (Å²) in [7, 11) is 0. The van der Waals surface area contributed by atoms with Crippen LogP contribution in [0.15, 0.2) is 61.1 Å². The number of para-hydroxylation sites is 2. The summed E-state index contributed by atoms with van der Waals surface area (Å²) in [6.45, 7) is 1.75. The minimum absolute atomic E-state index is 0.150. The van der Waals surface area contributed by atoms with Gasteiger partial charge in [-0.2, -0.15) is 5.10 Å². The Bertz CT molecular complexity index is 1770. The zero-order chi connectivity index (χ0) is 30.2. The van der Waals surface area contributed by atoms with Crippen molar-refractivity contribution in [2.24, 2.45) is 0 Å². The molecule has 7 rings (SSSR count). The molecule has 4 amide bonds. The lowest BCUT2D eigenvalue weighted by molar-refractivity contribution is -0.137. The average molecular weight is 592 g/mol. The molecule has 2 fully saturated rings. The lowest BCUT2D eigenvalue weighted by Gasteiger charge is -2.32. The second-order valence-electron chi connectivity index (χ2n) is 11.8. The summed E-state index contributed by atoms with van der Waals surface area (Å²) in [4.78, 5) is 62.7. The highest BCUT2D eigenvalue weighted by Gasteiger charge is 2.39. The van der Waals surface area contributed by atoms with Crippen LogP contribution in [0, 0.1) is 0 Å². The lowest BCUT2D eigenvalue weighted by Crippen LogP contribution is -2.52. The number of piperidine rings is 2. The summed E-state index contributed by atoms with van der Waals surface area (Å²) in [6.07, 6.45) is 9.72. The van der Waals surface area contributed by atoms with Crippen LogP contribution >= 0.6 is 0 Å². The van der Waals surface area contributed by atoms with Gasteiger partial charge in [-0.25, -0.2) is 4.98 Å². The summed E-state index contributed by atoms with van der Waals surface area (Å²) in [5.74, 6) is -0.728. The molecule has 1 atom stereocenters. The van der Waals surface area contributed by atoms with Crippen LogP contribution in [0.1, 0.15) is 66.1 Å². The van der Waals surface area contributed by atoms with E-state index in [-0.39, 0.29) is 30.2 Å². The van der Waals surface area contributed by atoms with Crippen molar-refractivity contribution in [3.63, 3.8) is 0 Å². The molecule has 44 heavy (non-hydrogen) atoms. The van der Waals surface area contributed by atoms with Gasteiger partial charge in [0.25, 0.3) is 5.91 Å². The van der Waals surface area contributed by atoms with Gasteiger partial charge in [-0.05, 0) is 61.4 Å². The fraction of sp³-hybridized carbons (Fsp3) is 0.364. The van der Waals surface area contributed by atoms with Gasteiger partial charge in [-0.3, -0.25) is 34.2 Å². The molecule has 3 aliphatic heterocycles. The van der Waals surface area contributed by atoms with E-state index >= 15 is 0 Å². The van der Waals surface area contributed by atoms with Crippen molar-refractivity contribution in [2.45, 2.75) is 63.6 Å². The number of carbonyl (C=O) groups excluding carboxylic acids is 4. The van der Waals surface area contributed by atoms with E-state index in [0.29, 0.717) is 50.9 Å². The number of benzene rings is 2. The number of rotatable bonds is 7. The number of aryl methyl sites for hydroxylation is 1. The van der Waals surface area contributed by atoms with Crippen molar-refractivity contribution in [2.75, 3.05) is 13.1 Å². The van der Waals surface area contributed by atoms with Crippen molar-refractivity contribution in [1.29, 1.82) is 0 Å². The molecule has 0 bridgehead atoms. The van der Waals surface area contributed by atoms with Gasteiger partial charge in [0, 0.05) is 49.8 Å². The molecule has 5 heterocycles. The van der Waals surface area contributed by atoms with Gasteiger partial charge >= 0.3 is 0 Å². The highest BCUT2D eigenvalue weighted by Crippen LogP contribution is 2.29. The number of hydrogen-bond acceptors (Lipinski definition) is 7. The molecule has 0 saturated carbocycles. The number of amides is 4. The van der Waals surface area contributed by atoms with Crippen molar-refractivity contribution in [1.82, 2.24) is 34.9 Å².